The predicted octanol–water partition coefficient (Wildman–Crippen LogP) is 19.4. The van der Waals surface area contributed by atoms with Crippen molar-refractivity contribution in [1.29, 1.82) is 0 Å². The Balaban J connectivity index is 3.68. The number of phosphoric acid groups is 1. The van der Waals surface area contributed by atoms with Gasteiger partial charge in [0.1, 0.15) is 13.2 Å². The first kappa shape index (κ1) is 71.5. The molecule has 3 unspecified atom stereocenters. The molecule has 0 bridgehead atoms. The Kier molecular flexibility index (Phi) is 54.9. The highest BCUT2D eigenvalue weighted by molar-refractivity contribution is 7.45. The number of aliphatic hydroxyl groups excluding tert-OH is 1. The molecule has 0 heterocycles. The Bertz CT molecular complexity index is 1140. The van der Waals surface area contributed by atoms with E-state index in [0.717, 1.165) is 38.5 Å². The highest BCUT2D eigenvalue weighted by atomic mass is 31.2. The molecule has 9 heteroatoms. The number of phosphoric ester groups is 1. The second-order valence-electron chi connectivity index (χ2n) is 23.8. The lowest BCUT2D eigenvalue weighted by atomic mass is 10.0. The van der Waals surface area contributed by atoms with Gasteiger partial charge in [-0.3, -0.25) is 9.36 Å². The number of nitrogens with zero attached hydrogens (tertiary/aromatic N) is 1. The van der Waals surface area contributed by atoms with Crippen LogP contribution in [0.1, 0.15) is 348 Å². The molecular formula is C63H129N2O6P. The molecule has 0 aliphatic carbocycles. The number of unbranched alkanes of at least 4 members (excludes halogenated alkanes) is 48. The van der Waals surface area contributed by atoms with Crippen molar-refractivity contribution in [3.05, 3.63) is 0 Å². The van der Waals surface area contributed by atoms with Crippen LogP contribution in [0, 0.1) is 0 Å². The van der Waals surface area contributed by atoms with Crippen LogP contribution in [0.3, 0.4) is 0 Å². The zero-order chi connectivity index (χ0) is 52.7. The van der Waals surface area contributed by atoms with E-state index in [9.17, 15) is 19.4 Å². The van der Waals surface area contributed by atoms with Crippen LogP contribution in [0.15, 0.2) is 0 Å². The molecule has 0 aromatic heterocycles. The first-order valence-corrected chi connectivity index (χ1v) is 33.8. The minimum Gasteiger partial charge on any atom is -0.756 e. The Hall–Kier alpha value is -0.500. The van der Waals surface area contributed by atoms with Crippen LogP contribution < -0.4 is 10.2 Å². The maximum Gasteiger partial charge on any atom is 0.268 e. The molecule has 2 N–H and O–H groups in total. The lowest BCUT2D eigenvalue weighted by Crippen LogP contribution is -2.46. The van der Waals surface area contributed by atoms with E-state index in [-0.39, 0.29) is 19.1 Å². The summed E-state index contributed by atoms with van der Waals surface area (Å²) in [6.07, 6.45) is 67.9. The van der Waals surface area contributed by atoms with Crippen molar-refractivity contribution in [3.8, 4) is 0 Å². The SMILES string of the molecule is CCCCCCCCCCCCCCCCCCCCCCCCCCCCCCCCCCCCCCCCCCCC(=O)NC(COP(=O)([O-])OCC[N+](C)(C)C)C(O)CCCCCCCCCCC. The largest absolute Gasteiger partial charge is 0.756 e. The van der Waals surface area contributed by atoms with Crippen LogP contribution in [0.2, 0.25) is 0 Å². The minimum atomic E-state index is -4.56. The van der Waals surface area contributed by atoms with E-state index < -0.39 is 20.0 Å². The molecule has 1 amide bonds. The lowest BCUT2D eigenvalue weighted by Gasteiger charge is -2.30. The molecule has 0 radical (unpaired) electrons. The van der Waals surface area contributed by atoms with E-state index in [4.69, 9.17) is 9.05 Å². The third-order valence-corrected chi connectivity index (χ3v) is 16.3. The van der Waals surface area contributed by atoms with Gasteiger partial charge in [-0.2, -0.15) is 0 Å². The summed E-state index contributed by atoms with van der Waals surface area (Å²) in [5, 5.41) is 13.9. The van der Waals surface area contributed by atoms with Crippen molar-refractivity contribution in [3.63, 3.8) is 0 Å². The highest BCUT2D eigenvalue weighted by Gasteiger charge is 2.24. The molecule has 0 spiro atoms. The maximum atomic E-state index is 12.9. The Labute approximate surface area is 450 Å². The lowest BCUT2D eigenvalue weighted by molar-refractivity contribution is -0.870. The third kappa shape index (κ3) is 57.2. The van der Waals surface area contributed by atoms with Gasteiger partial charge in [-0.1, -0.05) is 328 Å². The fraction of sp³-hybridized carbons (Fsp3) is 0.984. The average molecular weight is 1040 g/mol. The van der Waals surface area contributed by atoms with Gasteiger partial charge >= 0.3 is 0 Å². The zero-order valence-corrected chi connectivity index (χ0v) is 50.3. The number of likely N-dealkylation sites (N-methyl/N-ethyl adjacent to an activating group) is 1. The quantitative estimate of drug-likeness (QED) is 0.0357. The van der Waals surface area contributed by atoms with Crippen LogP contribution >= 0.6 is 7.82 Å². The van der Waals surface area contributed by atoms with Crippen LogP contribution in [-0.2, 0) is 18.4 Å². The zero-order valence-electron chi connectivity index (χ0n) is 49.4. The average Bonchev–Trinajstić information content (AvgIpc) is 3.34. The molecule has 3 atom stereocenters. The molecule has 8 nitrogen and oxygen atoms in total. The van der Waals surface area contributed by atoms with Crippen molar-refractivity contribution < 1.29 is 32.9 Å². The van der Waals surface area contributed by atoms with Gasteiger partial charge in [0, 0.05) is 6.42 Å². The highest BCUT2D eigenvalue weighted by Crippen LogP contribution is 2.38. The first-order chi connectivity index (χ1) is 35.0. The summed E-state index contributed by atoms with van der Waals surface area (Å²) in [6, 6.07) is -0.793. The van der Waals surface area contributed by atoms with Gasteiger partial charge in [0.25, 0.3) is 7.82 Å². The number of quaternary nitrogens is 1. The van der Waals surface area contributed by atoms with Crippen molar-refractivity contribution in [2.24, 2.45) is 0 Å². The molecule has 0 aliphatic heterocycles. The summed E-state index contributed by atoms with van der Waals surface area (Å²) in [5.41, 5.74) is 0. The number of nitrogens with one attached hydrogen (secondary N) is 1. The van der Waals surface area contributed by atoms with Crippen LogP contribution in [0.5, 0.6) is 0 Å². The fourth-order valence-electron chi connectivity index (χ4n) is 10.3. The summed E-state index contributed by atoms with van der Waals surface area (Å²) < 4.78 is 23.3. The van der Waals surface area contributed by atoms with Crippen molar-refractivity contribution >= 4 is 13.7 Å². The van der Waals surface area contributed by atoms with E-state index >= 15 is 0 Å². The summed E-state index contributed by atoms with van der Waals surface area (Å²) >= 11 is 0. The molecule has 0 saturated carbocycles. The molecule has 0 rings (SSSR count). The molecule has 0 saturated heterocycles. The Morgan fingerprint density at radius 3 is 0.944 bits per heavy atom. The van der Waals surface area contributed by atoms with Crippen LogP contribution in [-0.4, -0.2) is 68.5 Å². The van der Waals surface area contributed by atoms with Gasteiger partial charge in [0.05, 0.1) is 39.9 Å². The summed E-state index contributed by atoms with van der Waals surface area (Å²) in [4.78, 5) is 25.4. The van der Waals surface area contributed by atoms with E-state index in [1.54, 1.807) is 0 Å². The Morgan fingerprint density at radius 2 is 0.681 bits per heavy atom. The van der Waals surface area contributed by atoms with E-state index in [1.165, 1.54) is 283 Å². The standard InChI is InChI=1S/C63H129N2O6P/c1-6-8-10-12-14-16-17-18-19-20-21-22-23-24-25-26-27-28-29-30-31-32-33-34-35-36-37-38-39-40-41-42-43-44-45-46-47-49-51-53-55-57-63(67)64-61(60-71-72(68,69)70-59-58-65(3,4)5)62(66)56-54-52-50-48-15-13-11-9-7-2/h61-62,66H,6-60H2,1-5H3,(H-,64,67,68,69). The second kappa shape index (κ2) is 55.3. The monoisotopic (exact) mass is 1040 g/mol. The first-order valence-electron chi connectivity index (χ1n) is 32.4. The smallest absolute Gasteiger partial charge is 0.268 e. The third-order valence-electron chi connectivity index (χ3n) is 15.3. The number of carbonyl (C=O) groups excluding carboxylic acids is 1. The van der Waals surface area contributed by atoms with Crippen LogP contribution in [0.4, 0.5) is 0 Å². The fourth-order valence-corrected chi connectivity index (χ4v) is 11.0. The van der Waals surface area contributed by atoms with E-state index in [2.05, 4.69) is 19.2 Å². The van der Waals surface area contributed by atoms with Gasteiger partial charge in [-0.05, 0) is 12.8 Å². The summed E-state index contributed by atoms with van der Waals surface area (Å²) in [5.74, 6) is -0.159. The van der Waals surface area contributed by atoms with Crippen LogP contribution in [0.25, 0.3) is 0 Å². The molecular weight excluding hydrogens is 912 g/mol. The van der Waals surface area contributed by atoms with Gasteiger partial charge in [-0.25, -0.2) is 0 Å². The Morgan fingerprint density at radius 1 is 0.431 bits per heavy atom. The van der Waals surface area contributed by atoms with E-state index in [1.807, 2.05) is 21.1 Å². The normalized spacial score (nSPS) is 13.7. The molecule has 432 valence electrons. The minimum absolute atomic E-state index is 0.0160. The van der Waals surface area contributed by atoms with Gasteiger partial charge in [0.2, 0.25) is 5.91 Å². The number of hydrogen-bond acceptors (Lipinski definition) is 6. The molecule has 0 fully saturated rings. The number of aliphatic hydroxyl groups is 1. The molecule has 0 aromatic carbocycles. The maximum absolute atomic E-state index is 12.9. The van der Waals surface area contributed by atoms with Gasteiger partial charge in [0.15, 0.2) is 0 Å². The topological polar surface area (TPSA) is 108 Å². The number of amides is 1. The summed E-state index contributed by atoms with van der Waals surface area (Å²) in [7, 11) is 1.32. The van der Waals surface area contributed by atoms with E-state index in [0.29, 0.717) is 23.9 Å². The molecule has 0 aliphatic rings. The predicted molar refractivity (Wildman–Crippen MR) is 312 cm³/mol. The number of hydrogen-bond donors (Lipinski definition) is 2. The molecule has 0 aromatic rings. The molecule has 72 heavy (non-hydrogen) atoms. The van der Waals surface area contributed by atoms with Crippen molar-refractivity contribution in [2.75, 3.05) is 40.9 Å². The van der Waals surface area contributed by atoms with Gasteiger partial charge < -0.3 is 28.8 Å². The van der Waals surface area contributed by atoms with Gasteiger partial charge in [-0.15, -0.1) is 0 Å². The summed E-state index contributed by atoms with van der Waals surface area (Å²) in [6.45, 7) is 4.74. The van der Waals surface area contributed by atoms with Crippen molar-refractivity contribution in [2.45, 2.75) is 360 Å². The van der Waals surface area contributed by atoms with Crippen molar-refractivity contribution in [1.82, 2.24) is 5.32 Å². The second-order valence-corrected chi connectivity index (χ2v) is 25.3. The number of rotatable bonds is 61. The number of carbonyl (C=O) groups is 1.